The second-order valence-corrected chi connectivity index (χ2v) is 10.3. The van der Waals surface area contributed by atoms with Crippen LogP contribution in [0.4, 0.5) is 0 Å². The molecule has 1 aliphatic heterocycles. The molecule has 0 aliphatic carbocycles. The van der Waals surface area contributed by atoms with Crippen LogP contribution in [0.5, 0.6) is 0 Å². The summed E-state index contributed by atoms with van der Waals surface area (Å²) in [5.41, 5.74) is 0.829. The van der Waals surface area contributed by atoms with Crippen LogP contribution < -0.4 is 4.80 Å². The van der Waals surface area contributed by atoms with Gasteiger partial charge >= 0.3 is 0 Å². The largest absolute Gasteiger partial charge is 0.383 e. The first-order valence-electron chi connectivity index (χ1n) is 9.12. The van der Waals surface area contributed by atoms with E-state index < -0.39 is 33.2 Å². The number of amides is 2. The van der Waals surface area contributed by atoms with E-state index in [1.165, 1.54) is 16.2 Å². The molecule has 1 aromatic heterocycles. The maximum Gasteiger partial charge on any atom is 0.263 e. The number of sulfone groups is 1. The van der Waals surface area contributed by atoms with Crippen molar-refractivity contribution in [2.75, 3.05) is 38.3 Å². The number of ether oxygens (including phenoxy) is 1. The summed E-state index contributed by atoms with van der Waals surface area (Å²) in [7, 11) is -2.32. The highest BCUT2D eigenvalue weighted by Gasteiger charge is 2.26. The number of nitrogens with zero attached hydrogens (tertiary/aromatic N) is 3. The summed E-state index contributed by atoms with van der Waals surface area (Å²) in [4.78, 5) is 30.4. The summed E-state index contributed by atoms with van der Waals surface area (Å²) in [5.74, 6) is -2.73. The van der Waals surface area contributed by atoms with Crippen molar-refractivity contribution in [3.05, 3.63) is 28.0 Å². The quantitative estimate of drug-likeness (QED) is 0.624. The lowest BCUT2D eigenvalue weighted by atomic mass is 10.3. The Labute approximate surface area is 177 Å². The molecule has 1 saturated heterocycles. The van der Waals surface area contributed by atoms with Gasteiger partial charge in [0.05, 0.1) is 16.8 Å². The summed E-state index contributed by atoms with van der Waals surface area (Å²) >= 11 is 7.28. The van der Waals surface area contributed by atoms with Gasteiger partial charge in [0.2, 0.25) is 5.91 Å². The lowest BCUT2D eigenvalue weighted by Gasteiger charge is -2.14. The molecule has 8 nitrogen and oxygen atoms in total. The van der Waals surface area contributed by atoms with Crippen LogP contribution in [0, 0.1) is 0 Å². The number of halogens is 1. The minimum absolute atomic E-state index is 0.366. The predicted molar refractivity (Wildman–Crippen MR) is 112 cm³/mol. The third kappa shape index (κ3) is 5.65. The molecular weight excluding hydrogens is 438 g/mol. The Balaban J connectivity index is 1.82. The lowest BCUT2D eigenvalue weighted by Crippen LogP contribution is -2.35. The monoisotopic (exact) mass is 459 g/mol. The van der Waals surface area contributed by atoms with Crippen LogP contribution in [-0.2, 0) is 30.7 Å². The zero-order chi connectivity index (χ0) is 21.0. The Kier molecular flexibility index (Phi) is 7.10. The van der Waals surface area contributed by atoms with E-state index >= 15 is 0 Å². The number of carbonyl (C=O) groups excluding carboxylic acids is 2. The van der Waals surface area contributed by atoms with Crippen molar-refractivity contribution in [3.63, 3.8) is 0 Å². The second-order valence-electron chi connectivity index (χ2n) is 6.77. The molecule has 0 atom stereocenters. The van der Waals surface area contributed by atoms with E-state index in [2.05, 4.69) is 4.99 Å². The van der Waals surface area contributed by atoms with Gasteiger partial charge in [0.15, 0.2) is 14.6 Å². The van der Waals surface area contributed by atoms with Crippen LogP contribution in [0.2, 0.25) is 5.02 Å². The number of likely N-dealkylation sites (tertiary alicyclic amines) is 1. The van der Waals surface area contributed by atoms with Gasteiger partial charge in [-0.05, 0) is 31.0 Å². The molecule has 158 valence electrons. The number of thiazole rings is 1. The number of methoxy groups -OCH3 is 1. The van der Waals surface area contributed by atoms with Gasteiger partial charge in [-0.1, -0.05) is 22.9 Å². The average molecular weight is 460 g/mol. The van der Waals surface area contributed by atoms with Gasteiger partial charge in [-0.3, -0.25) is 9.59 Å². The van der Waals surface area contributed by atoms with Crippen molar-refractivity contribution < 1.29 is 22.7 Å². The average Bonchev–Trinajstić information content (AvgIpc) is 3.26. The SMILES string of the molecule is COCCn1c(=NC(=O)CS(=O)(=O)CC(=O)N2CCCC2)sc2cc(Cl)ccc21. The van der Waals surface area contributed by atoms with Crippen molar-refractivity contribution in [3.8, 4) is 0 Å². The maximum absolute atomic E-state index is 12.4. The fourth-order valence-corrected chi connectivity index (χ4v) is 5.61. The zero-order valence-electron chi connectivity index (χ0n) is 16.0. The number of aromatic nitrogens is 1. The van der Waals surface area contributed by atoms with E-state index in [4.69, 9.17) is 16.3 Å². The molecule has 0 unspecified atom stereocenters. The van der Waals surface area contributed by atoms with Crippen molar-refractivity contribution in [2.45, 2.75) is 19.4 Å². The fraction of sp³-hybridized carbons (Fsp3) is 0.500. The number of carbonyl (C=O) groups is 2. The summed E-state index contributed by atoms with van der Waals surface area (Å²) in [6, 6.07) is 5.32. The summed E-state index contributed by atoms with van der Waals surface area (Å²) < 4.78 is 32.3. The first-order chi connectivity index (χ1) is 13.8. The highest BCUT2D eigenvalue weighted by molar-refractivity contribution is 7.92. The first-order valence-corrected chi connectivity index (χ1v) is 12.1. The summed E-state index contributed by atoms with van der Waals surface area (Å²) in [5, 5.41) is 0.554. The second kappa shape index (κ2) is 9.38. The molecule has 1 aliphatic rings. The standard InChI is InChI=1S/C18H22ClN3O5S2/c1-27-9-8-22-14-5-4-13(19)10-15(14)28-18(22)20-16(23)11-29(25,26)12-17(24)21-6-2-3-7-21/h4-5,10H,2-3,6-9,11-12H2,1H3. The predicted octanol–water partition coefficient (Wildman–Crippen LogP) is 1.47. The Morgan fingerprint density at radius 3 is 2.66 bits per heavy atom. The summed E-state index contributed by atoms with van der Waals surface area (Å²) in [6.45, 7) is 1.98. The lowest BCUT2D eigenvalue weighted by molar-refractivity contribution is -0.127. The molecule has 3 rings (SSSR count). The minimum atomic E-state index is -3.89. The van der Waals surface area contributed by atoms with Crippen LogP contribution in [-0.4, -0.2) is 68.0 Å². The molecule has 2 heterocycles. The van der Waals surface area contributed by atoms with E-state index in [1.807, 2.05) is 6.07 Å². The molecule has 29 heavy (non-hydrogen) atoms. The van der Waals surface area contributed by atoms with E-state index in [1.54, 1.807) is 23.8 Å². The van der Waals surface area contributed by atoms with Gasteiger partial charge in [-0.2, -0.15) is 4.99 Å². The van der Waals surface area contributed by atoms with Gasteiger partial charge in [-0.15, -0.1) is 0 Å². The molecule has 0 spiro atoms. The summed E-state index contributed by atoms with van der Waals surface area (Å²) in [6.07, 6.45) is 1.74. The van der Waals surface area contributed by atoms with E-state index in [0.29, 0.717) is 36.1 Å². The smallest absolute Gasteiger partial charge is 0.263 e. The number of hydrogen-bond acceptors (Lipinski definition) is 6. The van der Waals surface area contributed by atoms with Crippen molar-refractivity contribution >= 4 is 54.8 Å². The van der Waals surface area contributed by atoms with Crippen molar-refractivity contribution in [1.82, 2.24) is 9.47 Å². The molecule has 11 heteroatoms. The molecule has 2 amide bonds. The highest BCUT2D eigenvalue weighted by Crippen LogP contribution is 2.22. The number of fused-ring (bicyclic) bond motifs is 1. The van der Waals surface area contributed by atoms with Gasteiger partial charge in [0.25, 0.3) is 5.91 Å². The van der Waals surface area contributed by atoms with Gasteiger partial charge in [0, 0.05) is 31.8 Å². The molecule has 1 aromatic carbocycles. The maximum atomic E-state index is 12.4. The fourth-order valence-electron chi connectivity index (χ4n) is 3.16. The van der Waals surface area contributed by atoms with E-state index in [-0.39, 0.29) is 0 Å². The van der Waals surface area contributed by atoms with Crippen LogP contribution in [0.1, 0.15) is 12.8 Å². The van der Waals surface area contributed by atoms with Crippen molar-refractivity contribution in [1.29, 1.82) is 0 Å². The third-order valence-electron chi connectivity index (χ3n) is 4.53. The van der Waals surface area contributed by atoms with Crippen LogP contribution in [0.25, 0.3) is 10.2 Å². The Hall–Kier alpha value is -1.75. The Morgan fingerprint density at radius 2 is 1.97 bits per heavy atom. The molecule has 0 bridgehead atoms. The molecule has 0 saturated carbocycles. The van der Waals surface area contributed by atoms with Gasteiger partial charge in [-0.25, -0.2) is 8.42 Å². The molecule has 0 N–H and O–H groups in total. The number of rotatable bonds is 7. The van der Waals surface area contributed by atoms with Gasteiger partial charge in [0.1, 0.15) is 11.5 Å². The number of benzene rings is 1. The van der Waals surface area contributed by atoms with Crippen LogP contribution in [0.15, 0.2) is 23.2 Å². The first kappa shape index (κ1) is 21.9. The molecule has 0 radical (unpaired) electrons. The van der Waals surface area contributed by atoms with Crippen molar-refractivity contribution in [2.24, 2.45) is 4.99 Å². The van der Waals surface area contributed by atoms with E-state index in [0.717, 1.165) is 23.1 Å². The van der Waals surface area contributed by atoms with Gasteiger partial charge < -0.3 is 14.2 Å². The topological polar surface area (TPSA) is 98.0 Å². The Morgan fingerprint density at radius 1 is 1.24 bits per heavy atom. The van der Waals surface area contributed by atoms with Crippen LogP contribution >= 0.6 is 22.9 Å². The third-order valence-corrected chi connectivity index (χ3v) is 7.18. The molecule has 1 fully saturated rings. The van der Waals surface area contributed by atoms with E-state index in [9.17, 15) is 18.0 Å². The molecular formula is C18H22ClN3O5S2. The zero-order valence-corrected chi connectivity index (χ0v) is 18.4. The Bertz CT molecular complexity index is 1080. The normalized spacial score (nSPS) is 15.4. The number of hydrogen-bond donors (Lipinski definition) is 0. The van der Waals surface area contributed by atoms with Crippen LogP contribution in [0.3, 0.4) is 0 Å². The molecule has 2 aromatic rings. The minimum Gasteiger partial charge on any atom is -0.383 e. The highest BCUT2D eigenvalue weighted by atomic mass is 35.5.